The van der Waals surface area contributed by atoms with Crippen molar-refractivity contribution >= 4 is 17.5 Å². The Bertz CT molecular complexity index is 469. The number of nitrogens with two attached hydrogens (primary N) is 2. The predicted molar refractivity (Wildman–Crippen MR) is 71.0 cm³/mol. The van der Waals surface area contributed by atoms with E-state index < -0.39 is 5.91 Å². The Kier molecular flexibility index (Phi) is 4.31. The Balaban J connectivity index is 3.05. The topological polar surface area (TPSA) is 89.4 Å². The molecule has 0 aliphatic rings. The molecule has 2 amide bonds. The minimum Gasteiger partial charge on any atom is -0.399 e. The highest BCUT2D eigenvalue weighted by molar-refractivity contribution is 5.98. The van der Waals surface area contributed by atoms with Gasteiger partial charge in [0.05, 0.1) is 6.54 Å². The summed E-state index contributed by atoms with van der Waals surface area (Å²) in [5.74, 6) is -0.730. The third-order valence-electron chi connectivity index (χ3n) is 2.69. The van der Waals surface area contributed by atoms with Gasteiger partial charge in [0.15, 0.2) is 0 Å². The highest BCUT2D eigenvalue weighted by Gasteiger charge is 2.21. The van der Waals surface area contributed by atoms with Gasteiger partial charge in [-0.05, 0) is 44.5 Å². The van der Waals surface area contributed by atoms with Crippen molar-refractivity contribution in [1.29, 1.82) is 0 Å². The van der Waals surface area contributed by atoms with Crippen LogP contribution in [0.25, 0.3) is 0 Å². The zero-order chi connectivity index (χ0) is 13.9. The van der Waals surface area contributed by atoms with Crippen molar-refractivity contribution in [2.45, 2.75) is 26.8 Å². The number of anilines is 1. The number of amides is 2. The van der Waals surface area contributed by atoms with Gasteiger partial charge in [0.25, 0.3) is 5.91 Å². The molecule has 0 atom stereocenters. The predicted octanol–water partition coefficient (Wildman–Crippen LogP) is 0.913. The molecule has 5 heteroatoms. The van der Waals surface area contributed by atoms with E-state index in [-0.39, 0.29) is 18.5 Å². The molecular weight excluding hydrogens is 230 g/mol. The van der Waals surface area contributed by atoms with E-state index in [2.05, 4.69) is 0 Å². The highest BCUT2D eigenvalue weighted by Crippen LogP contribution is 2.16. The quantitative estimate of drug-likeness (QED) is 0.777. The molecule has 0 radical (unpaired) electrons. The first-order valence-corrected chi connectivity index (χ1v) is 5.78. The van der Waals surface area contributed by atoms with Crippen LogP contribution in [-0.4, -0.2) is 29.3 Å². The van der Waals surface area contributed by atoms with Crippen molar-refractivity contribution in [3.05, 3.63) is 29.3 Å². The Hall–Kier alpha value is -2.04. The maximum atomic E-state index is 12.3. The summed E-state index contributed by atoms with van der Waals surface area (Å²) in [5, 5.41) is 0. The molecule has 5 nitrogen and oxygen atoms in total. The lowest BCUT2D eigenvalue weighted by Crippen LogP contribution is -2.43. The molecule has 0 heterocycles. The third kappa shape index (κ3) is 3.23. The van der Waals surface area contributed by atoms with Gasteiger partial charge in [0.1, 0.15) is 0 Å². The number of hydrogen-bond donors (Lipinski definition) is 2. The van der Waals surface area contributed by atoms with Gasteiger partial charge in [-0.2, -0.15) is 0 Å². The standard InChI is InChI=1S/C13H19N3O2/c1-8(2)16(7-12(15)17)13(18)11-5-4-10(14)6-9(11)3/h4-6,8H,7,14H2,1-3H3,(H2,15,17). The summed E-state index contributed by atoms with van der Waals surface area (Å²) in [5.41, 5.74) is 12.7. The van der Waals surface area contributed by atoms with Gasteiger partial charge in [-0.25, -0.2) is 0 Å². The number of benzene rings is 1. The Morgan fingerprint density at radius 1 is 1.33 bits per heavy atom. The SMILES string of the molecule is Cc1cc(N)ccc1C(=O)N(CC(N)=O)C(C)C. The zero-order valence-electron chi connectivity index (χ0n) is 10.9. The van der Waals surface area contributed by atoms with Crippen molar-refractivity contribution in [3.8, 4) is 0 Å². The summed E-state index contributed by atoms with van der Waals surface area (Å²) in [6.45, 7) is 5.41. The molecule has 0 unspecified atom stereocenters. The van der Waals surface area contributed by atoms with Gasteiger partial charge in [-0.1, -0.05) is 0 Å². The first-order chi connectivity index (χ1) is 8.32. The fourth-order valence-corrected chi connectivity index (χ4v) is 1.74. The number of hydrogen-bond acceptors (Lipinski definition) is 3. The van der Waals surface area contributed by atoms with Crippen molar-refractivity contribution in [2.24, 2.45) is 5.73 Å². The molecule has 98 valence electrons. The minimum absolute atomic E-state index is 0.0830. The van der Waals surface area contributed by atoms with Gasteiger partial charge >= 0.3 is 0 Å². The first kappa shape index (κ1) is 14.0. The summed E-state index contributed by atoms with van der Waals surface area (Å²) < 4.78 is 0. The fraction of sp³-hybridized carbons (Fsp3) is 0.385. The molecule has 0 aromatic heterocycles. The van der Waals surface area contributed by atoms with Crippen LogP contribution in [0.2, 0.25) is 0 Å². The van der Waals surface area contributed by atoms with Crippen molar-refractivity contribution < 1.29 is 9.59 Å². The highest BCUT2D eigenvalue weighted by atomic mass is 16.2. The smallest absolute Gasteiger partial charge is 0.254 e. The molecule has 0 spiro atoms. The molecule has 0 saturated heterocycles. The zero-order valence-corrected chi connectivity index (χ0v) is 10.9. The van der Waals surface area contributed by atoms with E-state index in [1.165, 1.54) is 4.90 Å². The van der Waals surface area contributed by atoms with E-state index in [0.29, 0.717) is 11.3 Å². The van der Waals surface area contributed by atoms with Gasteiger partial charge in [-0.3, -0.25) is 9.59 Å². The van der Waals surface area contributed by atoms with Gasteiger partial charge in [0.2, 0.25) is 5.91 Å². The van der Waals surface area contributed by atoms with E-state index in [4.69, 9.17) is 11.5 Å². The molecule has 4 N–H and O–H groups in total. The molecule has 0 aliphatic heterocycles. The van der Waals surface area contributed by atoms with Crippen molar-refractivity contribution in [1.82, 2.24) is 4.90 Å². The summed E-state index contributed by atoms with van der Waals surface area (Å²) in [6, 6.07) is 4.98. The third-order valence-corrected chi connectivity index (χ3v) is 2.69. The lowest BCUT2D eigenvalue weighted by atomic mass is 10.1. The molecule has 1 aromatic rings. The van der Waals surface area contributed by atoms with Crippen LogP contribution in [-0.2, 0) is 4.79 Å². The normalized spacial score (nSPS) is 10.4. The molecule has 1 rings (SSSR count). The number of carbonyl (C=O) groups is 2. The van der Waals surface area contributed by atoms with E-state index in [1.54, 1.807) is 18.2 Å². The number of nitrogens with zero attached hydrogens (tertiary/aromatic N) is 1. The Labute approximate surface area is 107 Å². The maximum absolute atomic E-state index is 12.3. The van der Waals surface area contributed by atoms with Crippen molar-refractivity contribution in [2.75, 3.05) is 12.3 Å². The van der Waals surface area contributed by atoms with Crippen LogP contribution in [0.5, 0.6) is 0 Å². The van der Waals surface area contributed by atoms with E-state index in [9.17, 15) is 9.59 Å². The van der Waals surface area contributed by atoms with Crippen LogP contribution in [0.1, 0.15) is 29.8 Å². The summed E-state index contributed by atoms with van der Waals surface area (Å²) in [7, 11) is 0. The largest absolute Gasteiger partial charge is 0.399 e. The van der Waals surface area contributed by atoms with Crippen molar-refractivity contribution in [3.63, 3.8) is 0 Å². The summed E-state index contributed by atoms with van der Waals surface area (Å²) >= 11 is 0. The molecule has 0 fully saturated rings. The van der Waals surface area contributed by atoms with Crippen LogP contribution in [0.15, 0.2) is 18.2 Å². The molecule has 0 aliphatic carbocycles. The van der Waals surface area contributed by atoms with Gasteiger partial charge in [0, 0.05) is 17.3 Å². The van der Waals surface area contributed by atoms with E-state index in [1.807, 2.05) is 20.8 Å². The average Bonchev–Trinajstić information content (AvgIpc) is 2.24. The molecule has 1 aromatic carbocycles. The maximum Gasteiger partial charge on any atom is 0.254 e. The first-order valence-electron chi connectivity index (χ1n) is 5.78. The fourth-order valence-electron chi connectivity index (χ4n) is 1.74. The Morgan fingerprint density at radius 3 is 2.39 bits per heavy atom. The molecular formula is C13H19N3O2. The lowest BCUT2D eigenvalue weighted by Gasteiger charge is -2.26. The minimum atomic E-state index is -0.523. The van der Waals surface area contributed by atoms with E-state index in [0.717, 1.165) is 5.56 Å². The van der Waals surface area contributed by atoms with E-state index >= 15 is 0 Å². The average molecular weight is 249 g/mol. The van der Waals surface area contributed by atoms with Crippen LogP contribution < -0.4 is 11.5 Å². The molecule has 18 heavy (non-hydrogen) atoms. The second-order valence-electron chi connectivity index (χ2n) is 4.57. The van der Waals surface area contributed by atoms with Crippen LogP contribution >= 0.6 is 0 Å². The molecule has 0 bridgehead atoms. The van der Waals surface area contributed by atoms with Gasteiger partial charge in [-0.15, -0.1) is 0 Å². The Morgan fingerprint density at radius 2 is 1.94 bits per heavy atom. The second-order valence-corrected chi connectivity index (χ2v) is 4.57. The van der Waals surface area contributed by atoms with Crippen LogP contribution in [0, 0.1) is 6.92 Å². The summed E-state index contributed by atoms with van der Waals surface area (Å²) in [6.07, 6.45) is 0. The number of nitrogen functional groups attached to an aromatic ring is 1. The van der Waals surface area contributed by atoms with Crippen LogP contribution in [0.3, 0.4) is 0 Å². The lowest BCUT2D eigenvalue weighted by molar-refractivity contribution is -0.119. The molecule has 0 saturated carbocycles. The number of aryl methyl sites for hydroxylation is 1. The van der Waals surface area contributed by atoms with Crippen LogP contribution in [0.4, 0.5) is 5.69 Å². The van der Waals surface area contributed by atoms with Gasteiger partial charge < -0.3 is 16.4 Å². The second kappa shape index (κ2) is 5.53. The monoisotopic (exact) mass is 249 g/mol. The summed E-state index contributed by atoms with van der Waals surface area (Å²) in [4.78, 5) is 24.8. The number of rotatable bonds is 4. The number of primary amides is 1. The number of carbonyl (C=O) groups excluding carboxylic acids is 2.